The van der Waals surface area contributed by atoms with Gasteiger partial charge in [0.05, 0.1) is 24.4 Å². The number of fused-ring (bicyclic) bond motifs is 1. The standard InChI is InChI=1S/C7H7BO2.C7H15BO2.C6H14BNO2.C6H13BO2.C5H13BO2.C4H9BO2.C3H7BO2.C3H9BO2.CH5BO2/c1-8-9-6-4-2-3-5-7(6)10-8;1-6(2)7(3,4)10-8(5)9-6;1-7-9-5-3-8(2)4-6-10-7;1-6(2)4-8-7(3)9-5-6;1-4-7-6(3)8-5-2;1-5-6-3-2-4-7-5;1-4-5-2-3-6-4;1-4(5-2)6-3;1-2(3)4/h2-5H,1H3;1-5H3;3-6H2,1-2H3;4-5H2,1-3H3;4-5H2,1-3H3;2-4H2,1H3;2-3H2,1H3;1-3H3;3-4H,1H3. The summed E-state index contributed by atoms with van der Waals surface area (Å²) in [5.74, 6) is 1.69. The van der Waals surface area contributed by atoms with Crippen LogP contribution in [0.25, 0.3) is 0 Å². The molecule has 7 rings (SSSR count). The lowest BCUT2D eigenvalue weighted by Gasteiger charge is -2.32. The third kappa shape index (κ3) is 39.2. The predicted molar refractivity (Wildman–Crippen MR) is 288 cm³/mol. The molecule has 1 aromatic carbocycles. The molecular formula is C42H92B9NO18. The van der Waals surface area contributed by atoms with Crippen molar-refractivity contribution >= 4 is 64.1 Å². The van der Waals surface area contributed by atoms with Crippen LogP contribution in [0.1, 0.15) is 61.8 Å². The minimum Gasteiger partial charge on any atom is -0.523 e. The summed E-state index contributed by atoms with van der Waals surface area (Å²) in [4.78, 5) is 2.20. The third-order valence-electron chi connectivity index (χ3n) is 10.1. The molecule has 19 nitrogen and oxygen atoms in total. The molecule has 0 saturated carbocycles. The molecule has 6 heterocycles. The van der Waals surface area contributed by atoms with E-state index >= 15 is 0 Å². The first kappa shape index (κ1) is 70.8. The fraction of sp³-hybridized carbons (Fsp3) is 0.857. The molecule has 0 aliphatic carbocycles. The highest BCUT2D eigenvalue weighted by Gasteiger charge is 2.48. The summed E-state index contributed by atoms with van der Waals surface area (Å²) >= 11 is 0. The molecule has 0 bridgehead atoms. The largest absolute Gasteiger partial charge is 0.591 e. The molecule has 70 heavy (non-hydrogen) atoms. The Morgan fingerprint density at radius 1 is 0.543 bits per heavy atom. The van der Waals surface area contributed by atoms with Gasteiger partial charge in [-0.25, -0.2) is 0 Å². The van der Waals surface area contributed by atoms with Gasteiger partial charge in [0.25, 0.3) is 0 Å². The first-order valence-electron chi connectivity index (χ1n) is 24.8. The monoisotopic (exact) mass is 998 g/mol. The molecule has 1 aromatic rings. The van der Waals surface area contributed by atoms with E-state index in [-0.39, 0.29) is 73.6 Å². The van der Waals surface area contributed by atoms with Gasteiger partial charge in [0.15, 0.2) is 0 Å². The predicted octanol–water partition coefficient (Wildman–Crippen LogP) is 5.90. The molecule has 5 saturated heterocycles. The van der Waals surface area contributed by atoms with E-state index in [1.165, 1.54) is 6.82 Å². The number of benzene rings is 1. The van der Waals surface area contributed by atoms with Gasteiger partial charge in [-0.05, 0) is 129 Å². The zero-order valence-corrected chi connectivity index (χ0v) is 47.1. The van der Waals surface area contributed by atoms with Crippen LogP contribution in [0.2, 0.25) is 61.4 Å². The summed E-state index contributed by atoms with van der Waals surface area (Å²) in [6.07, 6.45) is 1.05. The normalized spacial score (nSPS) is 19.3. The van der Waals surface area contributed by atoms with Crippen LogP contribution in [0, 0.1) is 5.41 Å². The lowest BCUT2D eigenvalue weighted by atomic mass is 9.86. The molecule has 2 N–H and O–H groups in total. The van der Waals surface area contributed by atoms with Crippen LogP contribution < -0.4 is 9.31 Å². The van der Waals surface area contributed by atoms with Crippen molar-refractivity contribution in [2.24, 2.45) is 5.41 Å². The van der Waals surface area contributed by atoms with Crippen LogP contribution in [0.5, 0.6) is 11.5 Å². The maximum absolute atomic E-state index is 7.61. The molecule has 0 radical (unpaired) electrons. The van der Waals surface area contributed by atoms with Gasteiger partial charge >= 0.3 is 64.1 Å². The zero-order valence-electron chi connectivity index (χ0n) is 47.1. The zero-order chi connectivity index (χ0) is 53.8. The Labute approximate surface area is 428 Å². The summed E-state index contributed by atoms with van der Waals surface area (Å²) in [5.41, 5.74) is -0.106. The second-order valence-corrected chi connectivity index (χ2v) is 18.2. The van der Waals surface area contributed by atoms with Crippen LogP contribution in [0.3, 0.4) is 0 Å². The van der Waals surface area contributed by atoms with Gasteiger partial charge in [-0.15, -0.1) is 0 Å². The van der Waals surface area contributed by atoms with Crippen molar-refractivity contribution < 1.29 is 84.5 Å². The molecule has 0 atom stereocenters. The minimum atomic E-state index is -1.17. The van der Waals surface area contributed by atoms with Crippen LogP contribution in [0.4, 0.5) is 0 Å². The number of hydrogen-bond acceptors (Lipinski definition) is 19. The molecule has 6 aliphatic rings. The Kier molecular flexibility index (Phi) is 41.5. The molecule has 400 valence electrons. The Morgan fingerprint density at radius 3 is 1.13 bits per heavy atom. The summed E-state index contributed by atoms with van der Waals surface area (Å²) in [7, 11) is 3.88. The average molecular weight is 996 g/mol. The number of para-hydroxylation sites is 2. The fourth-order valence-corrected chi connectivity index (χ4v) is 5.54. The van der Waals surface area contributed by atoms with Gasteiger partial charge in [0, 0.05) is 85.6 Å². The van der Waals surface area contributed by atoms with Crippen molar-refractivity contribution in [3.8, 4) is 11.5 Å². The fourth-order valence-electron chi connectivity index (χ4n) is 5.54. The van der Waals surface area contributed by atoms with Crippen molar-refractivity contribution in [1.82, 2.24) is 4.90 Å². The van der Waals surface area contributed by atoms with E-state index in [9.17, 15) is 0 Å². The van der Waals surface area contributed by atoms with Crippen LogP contribution in [0.15, 0.2) is 24.3 Å². The summed E-state index contributed by atoms with van der Waals surface area (Å²) in [6.45, 7) is 42.8. The maximum atomic E-state index is 7.61. The smallest absolute Gasteiger partial charge is 0.523 e. The number of likely N-dealkylation sites (N-methyl/N-ethyl adjacent to an activating group) is 1. The average Bonchev–Trinajstić information content (AvgIpc) is 3.97. The van der Waals surface area contributed by atoms with Crippen LogP contribution in [-0.2, 0) is 65.2 Å². The molecule has 28 heteroatoms. The lowest BCUT2D eigenvalue weighted by Crippen LogP contribution is -2.41. The van der Waals surface area contributed by atoms with Crippen molar-refractivity contribution in [2.75, 3.05) is 100 Å². The van der Waals surface area contributed by atoms with Gasteiger partial charge in [-0.2, -0.15) is 0 Å². The summed E-state index contributed by atoms with van der Waals surface area (Å²) in [6, 6.07) is 7.66. The van der Waals surface area contributed by atoms with E-state index in [2.05, 4.69) is 62.8 Å². The van der Waals surface area contributed by atoms with Crippen molar-refractivity contribution in [1.29, 1.82) is 0 Å². The molecule has 6 aliphatic heterocycles. The van der Waals surface area contributed by atoms with Crippen LogP contribution in [-0.4, -0.2) is 191 Å². The minimum absolute atomic E-state index is 0.00183. The molecule has 0 spiro atoms. The first-order chi connectivity index (χ1) is 32.7. The topological polar surface area (TPSA) is 191 Å². The van der Waals surface area contributed by atoms with E-state index in [1.807, 2.05) is 92.7 Å². The molecule has 0 aromatic heterocycles. The van der Waals surface area contributed by atoms with E-state index in [1.54, 1.807) is 14.2 Å². The van der Waals surface area contributed by atoms with Gasteiger partial charge < -0.3 is 89.4 Å². The van der Waals surface area contributed by atoms with E-state index < -0.39 is 7.12 Å². The van der Waals surface area contributed by atoms with Crippen molar-refractivity contribution in [3.63, 3.8) is 0 Å². The highest BCUT2D eigenvalue weighted by molar-refractivity contribution is 6.46. The van der Waals surface area contributed by atoms with Gasteiger partial charge in [0.1, 0.15) is 11.5 Å². The molecule has 0 amide bonds. The molecule has 0 unspecified atom stereocenters. The summed E-state index contributed by atoms with van der Waals surface area (Å²) in [5, 5.41) is 15.2. The second-order valence-electron chi connectivity index (χ2n) is 18.2. The third-order valence-corrected chi connectivity index (χ3v) is 10.1. The quantitative estimate of drug-likeness (QED) is 0.320. The van der Waals surface area contributed by atoms with Gasteiger partial charge in [-0.1, -0.05) is 26.0 Å². The Morgan fingerprint density at radius 2 is 0.886 bits per heavy atom. The highest BCUT2D eigenvalue weighted by atomic mass is 16.7. The van der Waals surface area contributed by atoms with E-state index in [0.29, 0.717) is 0 Å². The Balaban J connectivity index is 0. The molecule has 5 fully saturated rings. The number of rotatable bonds is 6. The lowest BCUT2D eigenvalue weighted by molar-refractivity contribution is 0.00578. The highest BCUT2D eigenvalue weighted by Crippen LogP contribution is 2.36. The second kappa shape index (κ2) is 41.0. The van der Waals surface area contributed by atoms with E-state index in [0.717, 1.165) is 97.1 Å². The molecular weight excluding hydrogens is 904 g/mol. The number of hydrogen-bond donors (Lipinski definition) is 2. The Bertz CT molecular complexity index is 1280. The first-order valence-corrected chi connectivity index (χ1v) is 24.8. The maximum Gasteiger partial charge on any atom is 0.591 e. The van der Waals surface area contributed by atoms with E-state index in [4.69, 9.17) is 75.2 Å². The van der Waals surface area contributed by atoms with Crippen molar-refractivity contribution in [3.05, 3.63) is 24.3 Å². The SMILES string of the molecule is CB(O)O.CB1OC(C)(C)C(C)(C)O1.CB1OCC(C)(C)CO1.CB1OCCCO1.CB1OCCN(C)CCO1.CB1OCCO1.CB1Oc2ccccc2O1.CCOB(C)OCC.COB(C)OC. The Hall–Kier alpha value is -1.28. The van der Waals surface area contributed by atoms with Crippen molar-refractivity contribution in [2.45, 2.75) is 134 Å². The van der Waals surface area contributed by atoms with Crippen LogP contribution >= 0.6 is 0 Å². The van der Waals surface area contributed by atoms with Gasteiger partial charge in [0.2, 0.25) is 0 Å². The summed E-state index contributed by atoms with van der Waals surface area (Å²) < 4.78 is 82.2. The number of nitrogens with zero attached hydrogens (tertiary/aromatic N) is 1. The van der Waals surface area contributed by atoms with Gasteiger partial charge in [-0.3, -0.25) is 0 Å².